The number of ether oxygens (including phenoxy) is 1. The second-order valence-corrected chi connectivity index (χ2v) is 6.03. The molecule has 0 aliphatic rings. The molecule has 0 N–H and O–H groups in total. The van der Waals surface area contributed by atoms with Crippen molar-refractivity contribution >= 4 is 0 Å². The van der Waals surface area contributed by atoms with Gasteiger partial charge in [-0.15, -0.1) is 0 Å². The van der Waals surface area contributed by atoms with Crippen molar-refractivity contribution in [3.63, 3.8) is 0 Å². The van der Waals surface area contributed by atoms with Crippen LogP contribution < -0.4 is 0 Å². The molecule has 0 aliphatic heterocycles. The van der Waals surface area contributed by atoms with E-state index in [-0.39, 0.29) is 6.10 Å². The molecule has 0 aliphatic carbocycles. The Morgan fingerprint density at radius 1 is 0.750 bits per heavy atom. The molecule has 0 heterocycles. The molecular formula is C23H24O. The summed E-state index contributed by atoms with van der Waals surface area (Å²) in [5, 5.41) is 0. The van der Waals surface area contributed by atoms with Crippen LogP contribution in [0.25, 0.3) is 11.1 Å². The molecule has 1 heteroatoms. The summed E-state index contributed by atoms with van der Waals surface area (Å²) in [6, 6.07) is 27.9. The number of hydrogen-bond acceptors (Lipinski definition) is 1. The Kier molecular flexibility index (Phi) is 5.45. The van der Waals surface area contributed by atoms with E-state index in [0.717, 1.165) is 12.8 Å². The molecule has 0 fully saturated rings. The van der Waals surface area contributed by atoms with Crippen LogP contribution in [0.3, 0.4) is 0 Å². The van der Waals surface area contributed by atoms with E-state index >= 15 is 0 Å². The quantitative estimate of drug-likeness (QED) is 0.538. The van der Waals surface area contributed by atoms with Gasteiger partial charge in [-0.25, -0.2) is 0 Å². The average Bonchev–Trinajstić information content (AvgIpc) is 2.65. The highest BCUT2D eigenvalue weighted by molar-refractivity contribution is 5.67. The second-order valence-electron chi connectivity index (χ2n) is 6.03. The summed E-state index contributed by atoms with van der Waals surface area (Å²) in [6.07, 6.45) is 2.06. The van der Waals surface area contributed by atoms with Crippen molar-refractivity contribution in [3.05, 3.63) is 95.6 Å². The van der Waals surface area contributed by atoms with Crippen LogP contribution in [0, 0.1) is 0 Å². The summed E-state index contributed by atoms with van der Waals surface area (Å²) in [6.45, 7) is 2.17. The highest BCUT2D eigenvalue weighted by Crippen LogP contribution is 2.29. The van der Waals surface area contributed by atoms with E-state index in [9.17, 15) is 0 Å². The Hall–Kier alpha value is -2.38. The van der Waals surface area contributed by atoms with Gasteiger partial charge in [0.1, 0.15) is 0 Å². The molecule has 3 aromatic carbocycles. The van der Waals surface area contributed by atoms with E-state index < -0.39 is 0 Å². The molecule has 3 aromatic rings. The smallest absolute Gasteiger partial charge is 0.0821 e. The van der Waals surface area contributed by atoms with Crippen molar-refractivity contribution in [3.8, 4) is 11.1 Å². The Morgan fingerprint density at radius 3 is 2.08 bits per heavy atom. The van der Waals surface area contributed by atoms with Crippen LogP contribution >= 0.6 is 0 Å². The minimum Gasteiger partial charge on any atom is -0.377 e. The first kappa shape index (κ1) is 16.5. The molecule has 0 spiro atoms. The fraction of sp³-hybridized carbons (Fsp3) is 0.217. The lowest BCUT2D eigenvalue weighted by atomic mass is 9.91. The van der Waals surface area contributed by atoms with E-state index in [0.29, 0.717) is 0 Å². The zero-order valence-corrected chi connectivity index (χ0v) is 14.4. The van der Waals surface area contributed by atoms with Crippen molar-refractivity contribution in [1.29, 1.82) is 0 Å². The molecule has 1 unspecified atom stereocenters. The first-order chi connectivity index (χ1) is 11.8. The van der Waals surface area contributed by atoms with Gasteiger partial charge in [-0.05, 0) is 40.7 Å². The van der Waals surface area contributed by atoms with Crippen molar-refractivity contribution in [1.82, 2.24) is 0 Å². The first-order valence-corrected chi connectivity index (χ1v) is 8.57. The lowest BCUT2D eigenvalue weighted by molar-refractivity contribution is 0.0994. The van der Waals surface area contributed by atoms with E-state index in [1.807, 2.05) is 0 Å². The maximum Gasteiger partial charge on any atom is 0.0821 e. The van der Waals surface area contributed by atoms with Crippen LogP contribution in [0.4, 0.5) is 0 Å². The minimum atomic E-state index is 0.157. The number of rotatable bonds is 6. The largest absolute Gasteiger partial charge is 0.377 e. The van der Waals surface area contributed by atoms with Gasteiger partial charge in [0.05, 0.1) is 6.10 Å². The van der Waals surface area contributed by atoms with Gasteiger partial charge in [-0.2, -0.15) is 0 Å². The summed E-state index contributed by atoms with van der Waals surface area (Å²) in [7, 11) is 1.79. The molecule has 24 heavy (non-hydrogen) atoms. The van der Waals surface area contributed by atoms with E-state index in [1.54, 1.807) is 7.11 Å². The molecule has 3 rings (SSSR count). The van der Waals surface area contributed by atoms with Crippen molar-refractivity contribution in [2.75, 3.05) is 7.11 Å². The van der Waals surface area contributed by atoms with Crippen LogP contribution in [0.15, 0.2) is 78.9 Å². The third-order valence-corrected chi connectivity index (χ3v) is 4.54. The number of hydrogen-bond donors (Lipinski definition) is 0. The summed E-state index contributed by atoms with van der Waals surface area (Å²) < 4.78 is 5.68. The molecule has 0 radical (unpaired) electrons. The number of methoxy groups -OCH3 is 1. The maximum atomic E-state index is 5.68. The third kappa shape index (κ3) is 3.58. The molecule has 0 amide bonds. The topological polar surface area (TPSA) is 9.23 Å². The lowest BCUT2D eigenvalue weighted by Crippen LogP contribution is -2.05. The van der Waals surface area contributed by atoms with Gasteiger partial charge in [0.25, 0.3) is 0 Å². The van der Waals surface area contributed by atoms with Crippen LogP contribution in [-0.4, -0.2) is 7.11 Å². The summed E-state index contributed by atoms with van der Waals surface area (Å²) in [5.74, 6) is 0. The average molecular weight is 316 g/mol. The van der Waals surface area contributed by atoms with Gasteiger partial charge in [0, 0.05) is 7.11 Å². The Balaban J connectivity index is 1.99. The van der Waals surface area contributed by atoms with Gasteiger partial charge < -0.3 is 4.74 Å². The van der Waals surface area contributed by atoms with Gasteiger partial charge in [0.15, 0.2) is 0 Å². The van der Waals surface area contributed by atoms with Crippen LogP contribution in [-0.2, 0) is 11.2 Å². The van der Waals surface area contributed by atoms with Crippen LogP contribution in [0.2, 0.25) is 0 Å². The van der Waals surface area contributed by atoms with Crippen LogP contribution in [0.1, 0.15) is 36.1 Å². The van der Waals surface area contributed by atoms with E-state index in [1.165, 1.54) is 27.8 Å². The highest BCUT2D eigenvalue weighted by atomic mass is 16.5. The van der Waals surface area contributed by atoms with Crippen molar-refractivity contribution in [2.45, 2.75) is 25.9 Å². The Morgan fingerprint density at radius 2 is 1.38 bits per heavy atom. The van der Waals surface area contributed by atoms with Crippen molar-refractivity contribution < 1.29 is 4.74 Å². The highest BCUT2D eigenvalue weighted by Gasteiger charge is 2.14. The van der Waals surface area contributed by atoms with E-state index in [2.05, 4.69) is 85.8 Å². The van der Waals surface area contributed by atoms with E-state index in [4.69, 9.17) is 4.74 Å². The normalized spacial score (nSPS) is 12.1. The summed E-state index contributed by atoms with van der Waals surface area (Å²) in [5.41, 5.74) is 6.56. The van der Waals surface area contributed by atoms with Gasteiger partial charge in [-0.3, -0.25) is 0 Å². The SMILES string of the molecule is CCC(OC)c1ccccc1Cc1ccccc1-c1ccccc1. The zero-order chi connectivity index (χ0) is 16.8. The Labute approximate surface area is 144 Å². The lowest BCUT2D eigenvalue weighted by Gasteiger charge is -2.19. The van der Waals surface area contributed by atoms with Crippen molar-refractivity contribution in [2.24, 2.45) is 0 Å². The fourth-order valence-corrected chi connectivity index (χ4v) is 3.30. The van der Waals surface area contributed by atoms with Gasteiger partial charge in [0.2, 0.25) is 0 Å². The third-order valence-electron chi connectivity index (χ3n) is 4.54. The molecule has 1 atom stereocenters. The molecule has 122 valence electrons. The summed E-state index contributed by atoms with van der Waals surface area (Å²) >= 11 is 0. The molecule has 0 saturated heterocycles. The van der Waals surface area contributed by atoms with Crippen LogP contribution in [0.5, 0.6) is 0 Å². The molecule has 0 saturated carbocycles. The first-order valence-electron chi connectivity index (χ1n) is 8.57. The molecular weight excluding hydrogens is 292 g/mol. The van der Waals surface area contributed by atoms with Gasteiger partial charge >= 0.3 is 0 Å². The Bertz CT molecular complexity index is 773. The summed E-state index contributed by atoms with van der Waals surface area (Å²) in [4.78, 5) is 0. The molecule has 0 aromatic heterocycles. The molecule has 0 bridgehead atoms. The second kappa shape index (κ2) is 7.94. The monoisotopic (exact) mass is 316 g/mol. The fourth-order valence-electron chi connectivity index (χ4n) is 3.30. The molecule has 1 nitrogen and oxygen atoms in total. The number of benzene rings is 3. The zero-order valence-electron chi connectivity index (χ0n) is 14.4. The standard InChI is InChI=1S/C23H24O/c1-3-23(24-2)22-16-10-8-14-20(22)17-19-13-7-9-15-21(19)18-11-5-4-6-12-18/h4-16,23H,3,17H2,1-2H3. The maximum absolute atomic E-state index is 5.68. The minimum absolute atomic E-state index is 0.157. The predicted molar refractivity (Wildman–Crippen MR) is 101 cm³/mol. The van der Waals surface area contributed by atoms with Gasteiger partial charge in [-0.1, -0.05) is 85.8 Å². The predicted octanol–water partition coefficient (Wildman–Crippen LogP) is 6.04.